The minimum atomic E-state index is -0.508. The lowest BCUT2D eigenvalue weighted by atomic mass is 10.1. The van der Waals surface area contributed by atoms with Crippen molar-refractivity contribution in [2.24, 2.45) is 10.2 Å². The standard InChI is InChI=1S/C23H16N6O3S2/c1-32-21(31)17-12-24-22(34-17)27-26-19-18(15-10-6-3-7-11-15)28-29(20(19)30)23-25-16(13-33-23)14-8-4-2-5-9-14/h2-13,28H,1H3. The fraction of sp³-hybridized carbons (Fsp3) is 0.0435. The van der Waals surface area contributed by atoms with Crippen molar-refractivity contribution in [1.82, 2.24) is 19.7 Å². The molecule has 0 aliphatic rings. The van der Waals surface area contributed by atoms with Gasteiger partial charge in [0.1, 0.15) is 4.88 Å². The van der Waals surface area contributed by atoms with Crippen LogP contribution in [0.5, 0.6) is 0 Å². The number of carbonyl (C=O) groups excluding carboxylic acids is 1. The van der Waals surface area contributed by atoms with Crippen molar-refractivity contribution < 1.29 is 9.53 Å². The van der Waals surface area contributed by atoms with Crippen LogP contribution >= 0.6 is 22.7 Å². The van der Waals surface area contributed by atoms with Gasteiger partial charge in [-0.05, 0) is 0 Å². The number of rotatable bonds is 6. The first-order chi connectivity index (χ1) is 16.6. The highest BCUT2D eigenvalue weighted by atomic mass is 32.1. The van der Waals surface area contributed by atoms with E-state index in [2.05, 4.69) is 30.0 Å². The van der Waals surface area contributed by atoms with E-state index >= 15 is 0 Å². The van der Waals surface area contributed by atoms with E-state index < -0.39 is 11.5 Å². The Labute approximate surface area is 201 Å². The van der Waals surface area contributed by atoms with Gasteiger partial charge >= 0.3 is 11.5 Å². The summed E-state index contributed by atoms with van der Waals surface area (Å²) in [7, 11) is 1.29. The van der Waals surface area contributed by atoms with Crippen molar-refractivity contribution in [2.75, 3.05) is 7.11 Å². The summed E-state index contributed by atoms with van der Waals surface area (Å²) < 4.78 is 6.05. The molecule has 0 bridgehead atoms. The monoisotopic (exact) mass is 488 g/mol. The molecule has 5 rings (SSSR count). The average Bonchev–Trinajstić information content (AvgIpc) is 3.62. The van der Waals surface area contributed by atoms with Crippen LogP contribution in [0.25, 0.3) is 27.6 Å². The van der Waals surface area contributed by atoms with Crippen molar-refractivity contribution in [1.29, 1.82) is 0 Å². The van der Waals surface area contributed by atoms with E-state index in [1.54, 1.807) is 0 Å². The molecule has 1 N–H and O–H groups in total. The number of methoxy groups -OCH3 is 1. The minimum absolute atomic E-state index is 0.109. The number of nitrogens with one attached hydrogen (secondary N) is 1. The fourth-order valence-electron chi connectivity index (χ4n) is 3.17. The average molecular weight is 489 g/mol. The SMILES string of the molecule is COC(=O)c1cnc(N=Nc2c(-c3ccccc3)[nH]n(-c3nc(-c4ccccc4)cs3)c2=O)s1. The number of carbonyl (C=O) groups is 1. The predicted molar refractivity (Wildman–Crippen MR) is 131 cm³/mol. The van der Waals surface area contributed by atoms with Crippen molar-refractivity contribution in [3.8, 4) is 27.6 Å². The molecule has 9 nitrogen and oxygen atoms in total. The third-order valence-electron chi connectivity index (χ3n) is 4.80. The van der Waals surface area contributed by atoms with Gasteiger partial charge in [-0.15, -0.1) is 21.6 Å². The summed E-state index contributed by atoms with van der Waals surface area (Å²) in [6, 6.07) is 19.1. The van der Waals surface area contributed by atoms with E-state index in [1.807, 2.05) is 66.0 Å². The van der Waals surface area contributed by atoms with Crippen LogP contribution in [0, 0.1) is 0 Å². The zero-order valence-corrected chi connectivity index (χ0v) is 19.3. The van der Waals surface area contributed by atoms with Gasteiger partial charge in [-0.1, -0.05) is 72.0 Å². The summed E-state index contributed by atoms with van der Waals surface area (Å²) in [5.74, 6) is -0.508. The lowest BCUT2D eigenvalue weighted by Gasteiger charge is -1.99. The number of nitrogens with zero attached hydrogens (tertiary/aromatic N) is 5. The largest absolute Gasteiger partial charge is 0.465 e. The molecule has 2 aromatic carbocycles. The van der Waals surface area contributed by atoms with E-state index in [0.29, 0.717) is 15.7 Å². The molecule has 0 atom stereocenters. The smallest absolute Gasteiger partial charge is 0.349 e. The van der Waals surface area contributed by atoms with E-state index in [1.165, 1.54) is 29.3 Å². The highest BCUT2D eigenvalue weighted by Gasteiger charge is 2.19. The predicted octanol–water partition coefficient (Wildman–Crippen LogP) is 5.61. The molecule has 0 aliphatic heterocycles. The molecule has 0 radical (unpaired) electrons. The maximum Gasteiger partial charge on any atom is 0.349 e. The molecule has 0 aliphatic carbocycles. The third kappa shape index (κ3) is 4.21. The molecule has 34 heavy (non-hydrogen) atoms. The van der Waals surface area contributed by atoms with Crippen LogP contribution < -0.4 is 5.56 Å². The fourth-order valence-corrected chi connectivity index (χ4v) is 4.62. The minimum Gasteiger partial charge on any atom is -0.465 e. The first kappa shape index (κ1) is 21.6. The van der Waals surface area contributed by atoms with Gasteiger partial charge in [-0.2, -0.15) is 4.68 Å². The first-order valence-corrected chi connectivity index (χ1v) is 11.7. The number of aromatic nitrogens is 4. The third-order valence-corrected chi connectivity index (χ3v) is 6.48. The molecule has 0 saturated heterocycles. The summed E-state index contributed by atoms with van der Waals surface area (Å²) in [5, 5.41) is 14.0. The molecular formula is C23H16N6O3S2. The van der Waals surface area contributed by atoms with Crippen LogP contribution in [0.1, 0.15) is 9.67 Å². The Bertz CT molecular complexity index is 1530. The Hall–Kier alpha value is -4.22. The maximum atomic E-state index is 13.3. The molecule has 3 aromatic heterocycles. The maximum absolute atomic E-state index is 13.3. The van der Waals surface area contributed by atoms with Crippen LogP contribution in [0.15, 0.2) is 87.3 Å². The van der Waals surface area contributed by atoms with Crippen molar-refractivity contribution >= 4 is 39.5 Å². The van der Waals surface area contributed by atoms with Crippen LogP contribution in [0.3, 0.4) is 0 Å². The van der Waals surface area contributed by atoms with E-state index in [4.69, 9.17) is 0 Å². The zero-order valence-electron chi connectivity index (χ0n) is 17.7. The van der Waals surface area contributed by atoms with Gasteiger partial charge in [0.15, 0.2) is 5.69 Å². The number of ether oxygens (including phenoxy) is 1. The normalized spacial score (nSPS) is 11.2. The van der Waals surface area contributed by atoms with Crippen molar-refractivity contribution in [2.45, 2.75) is 0 Å². The molecule has 0 spiro atoms. The summed E-state index contributed by atoms with van der Waals surface area (Å²) >= 11 is 2.36. The summed E-state index contributed by atoms with van der Waals surface area (Å²) in [5.41, 5.74) is 2.69. The lowest BCUT2D eigenvalue weighted by Crippen LogP contribution is -2.13. The summed E-state index contributed by atoms with van der Waals surface area (Å²) in [4.78, 5) is 34.0. The molecular weight excluding hydrogens is 472 g/mol. The summed E-state index contributed by atoms with van der Waals surface area (Å²) in [6.45, 7) is 0. The molecule has 0 fully saturated rings. The first-order valence-electron chi connectivity index (χ1n) is 10.0. The number of esters is 1. The number of benzene rings is 2. The number of aromatic amines is 1. The second-order valence-corrected chi connectivity index (χ2v) is 8.77. The second kappa shape index (κ2) is 9.33. The van der Waals surface area contributed by atoms with Crippen LogP contribution in [0.2, 0.25) is 0 Å². The van der Waals surface area contributed by atoms with Crippen LogP contribution in [-0.4, -0.2) is 32.8 Å². The quantitative estimate of drug-likeness (QED) is 0.246. The van der Waals surface area contributed by atoms with Gasteiger partial charge in [0.05, 0.1) is 24.7 Å². The number of azo groups is 1. The molecule has 0 amide bonds. The van der Waals surface area contributed by atoms with Crippen LogP contribution in [-0.2, 0) is 4.74 Å². The Morgan fingerprint density at radius 2 is 1.74 bits per heavy atom. The molecule has 0 unspecified atom stereocenters. The second-order valence-electron chi connectivity index (χ2n) is 6.92. The lowest BCUT2D eigenvalue weighted by molar-refractivity contribution is 0.0606. The van der Waals surface area contributed by atoms with E-state index in [0.717, 1.165) is 28.2 Å². The Morgan fingerprint density at radius 3 is 2.44 bits per heavy atom. The summed E-state index contributed by atoms with van der Waals surface area (Å²) in [6.07, 6.45) is 1.36. The van der Waals surface area contributed by atoms with Gasteiger partial charge in [0.25, 0.3) is 0 Å². The molecule has 3 heterocycles. The number of hydrogen-bond acceptors (Lipinski definition) is 9. The molecule has 5 aromatic rings. The van der Waals surface area contributed by atoms with Gasteiger partial charge in [-0.25, -0.2) is 14.8 Å². The highest BCUT2D eigenvalue weighted by Crippen LogP contribution is 2.30. The topological polar surface area (TPSA) is 115 Å². The number of hydrogen-bond donors (Lipinski definition) is 1. The Morgan fingerprint density at radius 1 is 1.03 bits per heavy atom. The van der Waals surface area contributed by atoms with Gasteiger partial charge in [-0.3, -0.25) is 9.89 Å². The van der Waals surface area contributed by atoms with E-state index in [-0.39, 0.29) is 10.8 Å². The molecule has 0 saturated carbocycles. The zero-order chi connectivity index (χ0) is 23.5. The number of H-pyrrole nitrogens is 1. The van der Waals surface area contributed by atoms with E-state index in [9.17, 15) is 9.59 Å². The van der Waals surface area contributed by atoms with Crippen LogP contribution in [0.4, 0.5) is 10.8 Å². The van der Waals surface area contributed by atoms with Gasteiger partial charge in [0, 0.05) is 16.5 Å². The van der Waals surface area contributed by atoms with Gasteiger partial charge < -0.3 is 4.74 Å². The Balaban J connectivity index is 1.56. The van der Waals surface area contributed by atoms with Gasteiger partial charge in [0.2, 0.25) is 10.3 Å². The molecule has 168 valence electrons. The van der Waals surface area contributed by atoms with Crippen molar-refractivity contribution in [3.05, 3.63) is 87.5 Å². The number of thiazole rings is 2. The molecule has 11 heteroatoms. The Kier molecular flexibility index (Phi) is 5.93. The van der Waals surface area contributed by atoms with Crippen molar-refractivity contribution in [3.63, 3.8) is 0 Å². The highest BCUT2D eigenvalue weighted by molar-refractivity contribution is 7.17.